The summed E-state index contributed by atoms with van der Waals surface area (Å²) in [6, 6.07) is 3.51. The molecule has 0 spiro atoms. The van der Waals surface area contributed by atoms with Gasteiger partial charge in [0.05, 0.1) is 0 Å². The Labute approximate surface area is 159 Å². The molecule has 0 fully saturated rings. The van der Waals surface area contributed by atoms with Crippen molar-refractivity contribution in [2.45, 2.75) is 51.7 Å². The molecule has 1 atom stereocenters. The lowest BCUT2D eigenvalue weighted by molar-refractivity contribution is -0.124. The van der Waals surface area contributed by atoms with Crippen LogP contribution < -0.4 is 5.73 Å². The van der Waals surface area contributed by atoms with Gasteiger partial charge in [-0.05, 0) is 44.5 Å². The SMILES string of the molecule is CN(C(=O)OC(C)(C)C)[C@H](C(N)=O)C(C)(C)c1cn(C)c2ccc(F)cc12. The first kappa shape index (κ1) is 20.7. The zero-order valence-electron chi connectivity index (χ0n) is 17.0. The number of rotatable bonds is 4. The Kier molecular flexibility index (Phi) is 5.27. The number of ether oxygens (including phenoxy) is 1. The number of carbonyl (C=O) groups is 2. The van der Waals surface area contributed by atoms with E-state index < -0.39 is 29.1 Å². The van der Waals surface area contributed by atoms with E-state index in [1.807, 2.05) is 31.7 Å². The highest BCUT2D eigenvalue weighted by Crippen LogP contribution is 2.36. The molecule has 0 aliphatic carbocycles. The fraction of sp³-hybridized carbons (Fsp3) is 0.500. The third-order valence-corrected chi connectivity index (χ3v) is 4.67. The Morgan fingerprint density at radius 1 is 1.22 bits per heavy atom. The summed E-state index contributed by atoms with van der Waals surface area (Å²) in [5, 5.41) is 0.673. The van der Waals surface area contributed by atoms with Crippen LogP contribution in [0.3, 0.4) is 0 Å². The van der Waals surface area contributed by atoms with Gasteiger partial charge in [0.1, 0.15) is 17.5 Å². The molecule has 0 aliphatic rings. The minimum Gasteiger partial charge on any atom is -0.444 e. The molecule has 0 saturated heterocycles. The van der Waals surface area contributed by atoms with E-state index >= 15 is 0 Å². The number of halogens is 1. The average Bonchev–Trinajstić information content (AvgIpc) is 2.82. The van der Waals surface area contributed by atoms with Crippen LogP contribution in [0.15, 0.2) is 24.4 Å². The zero-order valence-corrected chi connectivity index (χ0v) is 17.0. The molecular formula is C20H28FN3O3. The van der Waals surface area contributed by atoms with Gasteiger partial charge >= 0.3 is 6.09 Å². The minimum atomic E-state index is -0.985. The van der Waals surface area contributed by atoms with E-state index in [2.05, 4.69) is 0 Å². The largest absolute Gasteiger partial charge is 0.444 e. The highest BCUT2D eigenvalue weighted by atomic mass is 19.1. The van der Waals surface area contributed by atoms with E-state index in [4.69, 9.17) is 10.5 Å². The molecule has 1 aromatic carbocycles. The van der Waals surface area contributed by atoms with Crippen LogP contribution in [0.2, 0.25) is 0 Å². The fourth-order valence-corrected chi connectivity index (χ4v) is 3.50. The van der Waals surface area contributed by atoms with Crippen molar-refractivity contribution in [2.24, 2.45) is 12.8 Å². The molecule has 2 amide bonds. The van der Waals surface area contributed by atoms with E-state index in [-0.39, 0.29) is 5.82 Å². The molecule has 2 aromatic rings. The van der Waals surface area contributed by atoms with Gasteiger partial charge in [0.2, 0.25) is 5.91 Å². The molecule has 0 saturated carbocycles. The van der Waals surface area contributed by atoms with Crippen LogP contribution in [0.5, 0.6) is 0 Å². The van der Waals surface area contributed by atoms with Crippen LogP contribution in [0, 0.1) is 5.82 Å². The molecule has 27 heavy (non-hydrogen) atoms. The highest BCUT2D eigenvalue weighted by Gasteiger charge is 2.43. The maximum Gasteiger partial charge on any atom is 0.410 e. The van der Waals surface area contributed by atoms with Crippen LogP contribution in [0.4, 0.5) is 9.18 Å². The number of hydrogen-bond acceptors (Lipinski definition) is 3. The van der Waals surface area contributed by atoms with Gasteiger partial charge in [-0.2, -0.15) is 0 Å². The monoisotopic (exact) mass is 377 g/mol. The van der Waals surface area contributed by atoms with Crippen molar-refractivity contribution in [2.75, 3.05) is 7.05 Å². The van der Waals surface area contributed by atoms with Crippen molar-refractivity contribution >= 4 is 22.9 Å². The molecule has 1 aromatic heterocycles. The molecule has 7 heteroatoms. The quantitative estimate of drug-likeness (QED) is 0.888. The smallest absolute Gasteiger partial charge is 0.410 e. The van der Waals surface area contributed by atoms with Crippen LogP contribution in [0.25, 0.3) is 10.9 Å². The second-order valence-electron chi connectivity index (χ2n) is 8.43. The van der Waals surface area contributed by atoms with Gasteiger partial charge in [0.15, 0.2) is 0 Å². The van der Waals surface area contributed by atoms with Crippen molar-refractivity contribution in [3.8, 4) is 0 Å². The Bertz CT molecular complexity index is 880. The molecule has 2 rings (SSSR count). The minimum absolute atomic E-state index is 0.373. The summed E-state index contributed by atoms with van der Waals surface area (Å²) in [4.78, 5) is 26.1. The van der Waals surface area contributed by atoms with E-state index in [0.29, 0.717) is 5.39 Å². The summed E-state index contributed by atoms with van der Waals surface area (Å²) in [6.07, 6.45) is 1.19. The molecular weight excluding hydrogens is 349 g/mol. The van der Waals surface area contributed by atoms with Crippen molar-refractivity contribution in [1.82, 2.24) is 9.47 Å². The number of carbonyl (C=O) groups excluding carboxylic acids is 2. The maximum atomic E-state index is 13.9. The van der Waals surface area contributed by atoms with Gasteiger partial charge in [0, 0.05) is 36.6 Å². The molecule has 0 bridgehead atoms. The second-order valence-corrected chi connectivity index (χ2v) is 8.43. The Hall–Kier alpha value is -2.57. The van der Waals surface area contributed by atoms with Crippen molar-refractivity contribution in [3.05, 3.63) is 35.8 Å². The Morgan fingerprint density at radius 2 is 1.81 bits per heavy atom. The first-order valence-corrected chi connectivity index (χ1v) is 8.76. The van der Waals surface area contributed by atoms with Gasteiger partial charge in [-0.3, -0.25) is 9.69 Å². The number of nitrogens with two attached hydrogens (primary N) is 1. The van der Waals surface area contributed by atoms with Gasteiger partial charge in [-0.1, -0.05) is 13.8 Å². The number of aromatic nitrogens is 1. The van der Waals surface area contributed by atoms with E-state index in [9.17, 15) is 14.0 Å². The molecule has 148 valence electrons. The van der Waals surface area contributed by atoms with E-state index in [0.717, 1.165) is 11.1 Å². The highest BCUT2D eigenvalue weighted by molar-refractivity contribution is 5.90. The van der Waals surface area contributed by atoms with Crippen molar-refractivity contribution < 1.29 is 18.7 Å². The first-order chi connectivity index (χ1) is 12.3. The third kappa shape index (κ3) is 4.07. The molecule has 1 heterocycles. The van der Waals surface area contributed by atoms with Crippen molar-refractivity contribution in [3.63, 3.8) is 0 Å². The second kappa shape index (κ2) is 6.87. The maximum absolute atomic E-state index is 13.9. The molecule has 0 aliphatic heterocycles. The zero-order chi connectivity index (χ0) is 20.7. The molecule has 0 radical (unpaired) electrons. The summed E-state index contributed by atoms with van der Waals surface area (Å²) < 4.78 is 21.1. The number of nitrogens with zero attached hydrogens (tertiary/aromatic N) is 2. The summed E-state index contributed by atoms with van der Waals surface area (Å²) in [5.74, 6) is -1.04. The van der Waals surface area contributed by atoms with Gasteiger partial charge in [-0.25, -0.2) is 9.18 Å². The lowest BCUT2D eigenvalue weighted by atomic mass is 9.76. The summed E-state index contributed by atoms with van der Waals surface area (Å²) >= 11 is 0. The number of amides is 2. The van der Waals surface area contributed by atoms with Gasteiger partial charge < -0.3 is 15.0 Å². The van der Waals surface area contributed by atoms with E-state index in [1.54, 1.807) is 26.8 Å². The number of fused-ring (bicyclic) bond motifs is 1. The normalized spacial score (nSPS) is 13.5. The van der Waals surface area contributed by atoms with Crippen LogP contribution >= 0.6 is 0 Å². The molecule has 2 N–H and O–H groups in total. The van der Waals surface area contributed by atoms with Crippen LogP contribution in [0.1, 0.15) is 40.2 Å². The lowest BCUT2D eigenvalue weighted by Crippen LogP contribution is -2.56. The molecule has 6 nitrogen and oxygen atoms in total. The number of hydrogen-bond donors (Lipinski definition) is 1. The number of primary amides is 1. The Balaban J connectivity index is 2.55. The standard InChI is InChI=1S/C20H28FN3O3/c1-19(2,3)27-18(26)24(7)16(17(22)25)20(4,5)14-11-23(6)15-9-8-12(21)10-13(14)15/h8-11,16H,1-7H3,(H2,22,25)/t16-/m1/s1. The Morgan fingerprint density at radius 3 is 2.33 bits per heavy atom. The molecule has 0 unspecified atom stereocenters. The summed E-state index contributed by atoms with van der Waals surface area (Å²) in [5.41, 5.74) is 5.62. The van der Waals surface area contributed by atoms with Gasteiger partial charge in [-0.15, -0.1) is 0 Å². The number of aryl methyl sites for hydroxylation is 1. The van der Waals surface area contributed by atoms with E-state index in [1.165, 1.54) is 24.1 Å². The average molecular weight is 377 g/mol. The topological polar surface area (TPSA) is 77.6 Å². The fourth-order valence-electron chi connectivity index (χ4n) is 3.50. The lowest BCUT2D eigenvalue weighted by Gasteiger charge is -2.38. The number of benzene rings is 1. The van der Waals surface area contributed by atoms with Crippen LogP contribution in [-0.2, 0) is 22.0 Å². The van der Waals surface area contributed by atoms with Gasteiger partial charge in [0.25, 0.3) is 0 Å². The summed E-state index contributed by atoms with van der Waals surface area (Å²) in [6.45, 7) is 8.86. The van der Waals surface area contributed by atoms with Crippen molar-refractivity contribution in [1.29, 1.82) is 0 Å². The third-order valence-electron chi connectivity index (χ3n) is 4.67. The summed E-state index contributed by atoms with van der Waals surface area (Å²) in [7, 11) is 3.33. The number of likely N-dealkylation sites (N-methyl/N-ethyl adjacent to an activating group) is 1. The van der Waals surface area contributed by atoms with Crippen LogP contribution in [-0.4, -0.2) is 40.2 Å². The predicted octanol–water partition coefficient (Wildman–Crippen LogP) is 3.32. The first-order valence-electron chi connectivity index (χ1n) is 8.76. The predicted molar refractivity (Wildman–Crippen MR) is 103 cm³/mol.